The van der Waals surface area contributed by atoms with Crippen LogP contribution in [0.4, 0.5) is 5.69 Å². The van der Waals surface area contributed by atoms with Crippen LogP contribution in [0, 0.1) is 0 Å². The Morgan fingerprint density at radius 2 is 2.29 bits per heavy atom. The average Bonchev–Trinajstić information content (AvgIpc) is 2.50. The maximum atomic E-state index is 12.4. The van der Waals surface area contributed by atoms with Gasteiger partial charge in [-0.1, -0.05) is 19.8 Å². The molecule has 1 aromatic rings. The molecule has 4 heteroatoms. The van der Waals surface area contributed by atoms with Crippen LogP contribution in [0.2, 0.25) is 0 Å². The predicted molar refractivity (Wildman–Crippen MR) is 86.3 cm³/mol. The van der Waals surface area contributed by atoms with Crippen molar-refractivity contribution in [2.24, 2.45) is 0 Å². The van der Waals surface area contributed by atoms with Crippen molar-refractivity contribution in [2.45, 2.75) is 52.2 Å². The van der Waals surface area contributed by atoms with Gasteiger partial charge in [0.2, 0.25) is 0 Å². The van der Waals surface area contributed by atoms with Gasteiger partial charge in [0.05, 0.1) is 18.3 Å². The Labute approximate surface area is 127 Å². The van der Waals surface area contributed by atoms with E-state index in [0.29, 0.717) is 0 Å². The van der Waals surface area contributed by atoms with Gasteiger partial charge in [-0.3, -0.25) is 4.79 Å². The Morgan fingerprint density at radius 1 is 1.48 bits per heavy atom. The number of hydrogen-bond acceptors (Lipinski definition) is 4. The van der Waals surface area contributed by atoms with Gasteiger partial charge in [-0.2, -0.15) is 0 Å². The van der Waals surface area contributed by atoms with Crippen LogP contribution < -0.4 is 15.4 Å². The van der Waals surface area contributed by atoms with Crippen LogP contribution in [0.5, 0.6) is 5.75 Å². The van der Waals surface area contributed by atoms with E-state index >= 15 is 0 Å². The molecule has 1 aromatic carbocycles. The second-order valence-electron chi connectivity index (χ2n) is 5.77. The van der Waals surface area contributed by atoms with Gasteiger partial charge in [-0.25, -0.2) is 0 Å². The van der Waals surface area contributed by atoms with Crippen molar-refractivity contribution < 1.29 is 9.53 Å². The van der Waals surface area contributed by atoms with Crippen molar-refractivity contribution in [1.82, 2.24) is 5.32 Å². The highest BCUT2D eigenvalue weighted by Crippen LogP contribution is 2.30. The minimum absolute atomic E-state index is 0.134. The van der Waals surface area contributed by atoms with Crippen LogP contribution in [0.15, 0.2) is 18.2 Å². The second-order valence-corrected chi connectivity index (χ2v) is 5.77. The molecule has 0 aromatic heterocycles. The summed E-state index contributed by atoms with van der Waals surface area (Å²) in [6.07, 6.45) is 3.68. The minimum Gasteiger partial charge on any atom is -0.487 e. The number of unbranched alkanes of at least 4 members (excludes halogenated alkanes) is 2. The first-order valence-electron chi connectivity index (χ1n) is 7.94. The van der Waals surface area contributed by atoms with Crippen molar-refractivity contribution in [3.8, 4) is 5.75 Å². The lowest BCUT2D eigenvalue weighted by atomic mass is 10.0. The number of carbonyl (C=O) groups is 1. The number of fused-ring (bicyclic) bond motifs is 1. The molecule has 0 bridgehead atoms. The van der Waals surface area contributed by atoms with E-state index in [1.807, 2.05) is 32.0 Å². The molecule has 116 valence electrons. The van der Waals surface area contributed by atoms with Gasteiger partial charge < -0.3 is 15.4 Å². The highest BCUT2D eigenvalue weighted by Gasteiger charge is 2.19. The Morgan fingerprint density at radius 3 is 3.05 bits per heavy atom. The fourth-order valence-electron chi connectivity index (χ4n) is 2.47. The lowest BCUT2D eigenvalue weighted by Crippen LogP contribution is -2.35. The molecular formula is C17H26N2O2. The quantitative estimate of drug-likeness (QED) is 0.598. The summed E-state index contributed by atoms with van der Waals surface area (Å²) in [7, 11) is 0. The van der Waals surface area contributed by atoms with Crippen LogP contribution in [-0.4, -0.2) is 31.0 Å². The first-order valence-corrected chi connectivity index (χ1v) is 7.94. The minimum atomic E-state index is -0.150. The monoisotopic (exact) mass is 290 g/mol. The third-order valence-corrected chi connectivity index (χ3v) is 3.80. The average molecular weight is 290 g/mol. The van der Waals surface area contributed by atoms with Crippen molar-refractivity contribution in [1.29, 1.82) is 0 Å². The standard InChI is InChI=1S/C17H26N2O2/c1-4-5-6-9-18-13(3)17(20)14-7-8-16-15(10-14)19-11-12(2)21-16/h7-8,10,12-13,18-19H,4-6,9,11H2,1-3H3. The maximum absolute atomic E-state index is 12.4. The van der Waals surface area contributed by atoms with Gasteiger partial charge in [0, 0.05) is 5.56 Å². The molecule has 2 rings (SSSR count). The van der Waals surface area contributed by atoms with Crippen LogP contribution >= 0.6 is 0 Å². The Hall–Kier alpha value is -1.55. The summed E-state index contributed by atoms with van der Waals surface area (Å²) in [5.74, 6) is 0.962. The van der Waals surface area contributed by atoms with E-state index in [2.05, 4.69) is 17.6 Å². The summed E-state index contributed by atoms with van der Waals surface area (Å²) < 4.78 is 5.73. The summed E-state index contributed by atoms with van der Waals surface area (Å²) in [5, 5.41) is 6.61. The molecule has 1 heterocycles. The summed E-state index contributed by atoms with van der Waals surface area (Å²) in [5.41, 5.74) is 1.65. The van der Waals surface area contributed by atoms with Gasteiger partial charge in [-0.15, -0.1) is 0 Å². The molecule has 0 amide bonds. The summed E-state index contributed by atoms with van der Waals surface area (Å²) >= 11 is 0. The normalized spacial score (nSPS) is 18.3. The summed E-state index contributed by atoms with van der Waals surface area (Å²) in [6.45, 7) is 7.80. The molecule has 0 fully saturated rings. The number of anilines is 1. The van der Waals surface area contributed by atoms with Gasteiger partial charge >= 0.3 is 0 Å². The highest BCUT2D eigenvalue weighted by molar-refractivity contribution is 6.01. The van der Waals surface area contributed by atoms with Crippen molar-refractivity contribution in [2.75, 3.05) is 18.4 Å². The molecule has 0 saturated heterocycles. The number of ether oxygens (including phenoxy) is 1. The molecule has 1 aliphatic rings. The van der Waals surface area contributed by atoms with E-state index < -0.39 is 0 Å². The maximum Gasteiger partial charge on any atom is 0.179 e. The smallest absolute Gasteiger partial charge is 0.179 e. The molecule has 1 aliphatic heterocycles. The van der Waals surface area contributed by atoms with Crippen molar-refractivity contribution >= 4 is 11.5 Å². The fraction of sp³-hybridized carbons (Fsp3) is 0.588. The van der Waals surface area contributed by atoms with Gasteiger partial charge in [0.15, 0.2) is 5.78 Å². The third-order valence-electron chi connectivity index (χ3n) is 3.80. The third kappa shape index (κ3) is 4.21. The van der Waals surface area contributed by atoms with E-state index in [1.54, 1.807) is 0 Å². The molecule has 21 heavy (non-hydrogen) atoms. The van der Waals surface area contributed by atoms with Crippen molar-refractivity contribution in [3.63, 3.8) is 0 Å². The molecule has 2 N–H and O–H groups in total. The van der Waals surface area contributed by atoms with Crippen molar-refractivity contribution in [3.05, 3.63) is 23.8 Å². The van der Waals surface area contributed by atoms with Crippen LogP contribution in [0.1, 0.15) is 50.4 Å². The van der Waals surface area contributed by atoms with E-state index in [4.69, 9.17) is 4.74 Å². The number of carbonyl (C=O) groups excluding carboxylic acids is 1. The number of Topliss-reactive ketones (excluding diaryl/α,β-unsaturated/α-hetero) is 1. The molecular weight excluding hydrogens is 264 g/mol. The number of ketones is 1. The SMILES string of the molecule is CCCCCNC(C)C(=O)c1ccc2c(c1)NCC(C)O2. The topological polar surface area (TPSA) is 50.4 Å². The Kier molecular flexibility index (Phi) is 5.62. The highest BCUT2D eigenvalue weighted by atomic mass is 16.5. The molecule has 0 saturated carbocycles. The van der Waals surface area contributed by atoms with Gasteiger partial charge in [-0.05, 0) is 45.0 Å². The molecule has 0 spiro atoms. The molecule has 0 aliphatic carbocycles. The Balaban J connectivity index is 1.96. The number of rotatable bonds is 7. The molecule has 2 atom stereocenters. The zero-order chi connectivity index (χ0) is 15.2. The summed E-state index contributed by atoms with van der Waals surface area (Å²) in [6, 6.07) is 5.48. The number of hydrogen-bond donors (Lipinski definition) is 2. The molecule has 0 radical (unpaired) electrons. The van der Waals surface area contributed by atoms with Gasteiger partial charge in [0.25, 0.3) is 0 Å². The predicted octanol–water partition coefficient (Wildman–Crippen LogP) is 3.23. The summed E-state index contributed by atoms with van der Waals surface area (Å²) in [4.78, 5) is 12.4. The van der Waals surface area contributed by atoms with E-state index in [-0.39, 0.29) is 17.9 Å². The zero-order valence-corrected chi connectivity index (χ0v) is 13.2. The van der Waals surface area contributed by atoms with Crippen LogP contribution in [-0.2, 0) is 0 Å². The fourth-order valence-corrected chi connectivity index (χ4v) is 2.47. The zero-order valence-electron chi connectivity index (χ0n) is 13.2. The van der Waals surface area contributed by atoms with Gasteiger partial charge in [0.1, 0.15) is 11.9 Å². The lowest BCUT2D eigenvalue weighted by molar-refractivity contribution is 0.0951. The first-order chi connectivity index (χ1) is 10.1. The van der Waals surface area contributed by atoms with E-state index in [9.17, 15) is 4.79 Å². The first kappa shape index (κ1) is 15.8. The van der Waals surface area contributed by atoms with E-state index in [0.717, 1.165) is 36.5 Å². The Bertz CT molecular complexity index is 488. The van der Waals surface area contributed by atoms with E-state index in [1.165, 1.54) is 12.8 Å². The number of nitrogens with one attached hydrogen (secondary N) is 2. The van der Waals surface area contributed by atoms with Crippen LogP contribution in [0.25, 0.3) is 0 Å². The second kappa shape index (κ2) is 7.46. The largest absolute Gasteiger partial charge is 0.487 e. The van der Waals surface area contributed by atoms with Crippen LogP contribution in [0.3, 0.4) is 0 Å². The number of benzene rings is 1. The molecule has 4 nitrogen and oxygen atoms in total. The lowest BCUT2D eigenvalue weighted by Gasteiger charge is -2.25. The molecule has 2 unspecified atom stereocenters.